The fraction of sp³-hybridized carbons (Fsp3) is 0.0833. The summed E-state index contributed by atoms with van der Waals surface area (Å²) < 4.78 is 12.1. The number of ether oxygens (including phenoxy) is 2. The number of hydrogen-bond acceptors (Lipinski definition) is 3. The fourth-order valence-electron chi connectivity index (χ4n) is 1.81. The van der Waals surface area contributed by atoms with Gasteiger partial charge >= 0.3 is 5.97 Å². The van der Waals surface area contributed by atoms with E-state index in [1.165, 1.54) is 6.07 Å². The fourth-order valence-corrected chi connectivity index (χ4v) is 1.81. The molecule has 1 aromatic carbocycles. The van der Waals surface area contributed by atoms with Gasteiger partial charge < -0.3 is 19.1 Å². The third-order valence-electron chi connectivity index (χ3n) is 2.60. The second-order valence-corrected chi connectivity index (χ2v) is 3.62. The van der Waals surface area contributed by atoms with Gasteiger partial charge in [0.1, 0.15) is 0 Å². The van der Waals surface area contributed by atoms with E-state index in [1.54, 1.807) is 23.0 Å². The number of fused-ring (bicyclic) bond motifs is 1. The molecule has 1 aliphatic heterocycles. The molecule has 0 fully saturated rings. The van der Waals surface area contributed by atoms with Crippen molar-refractivity contribution in [3.63, 3.8) is 0 Å². The lowest BCUT2D eigenvalue weighted by molar-refractivity contribution is 0.0696. The second-order valence-electron chi connectivity index (χ2n) is 3.62. The maximum Gasteiger partial charge on any atom is 0.337 e. The van der Waals surface area contributed by atoms with Gasteiger partial charge in [-0.15, -0.1) is 0 Å². The molecule has 1 N–H and O–H groups in total. The van der Waals surface area contributed by atoms with Crippen molar-refractivity contribution in [3.05, 3.63) is 42.2 Å². The van der Waals surface area contributed by atoms with E-state index in [0.717, 1.165) is 0 Å². The number of carboxylic acids is 1. The summed E-state index contributed by atoms with van der Waals surface area (Å²) in [6.45, 7) is 0.128. The molecular weight excluding hydrogens is 222 g/mol. The highest BCUT2D eigenvalue weighted by atomic mass is 16.7. The highest BCUT2D eigenvalue weighted by molar-refractivity contribution is 5.93. The van der Waals surface area contributed by atoms with Gasteiger partial charge in [0, 0.05) is 24.5 Å². The van der Waals surface area contributed by atoms with Crippen molar-refractivity contribution in [2.45, 2.75) is 0 Å². The van der Waals surface area contributed by atoms with Crippen molar-refractivity contribution >= 4 is 5.97 Å². The van der Waals surface area contributed by atoms with Crippen molar-refractivity contribution in [3.8, 4) is 17.2 Å². The summed E-state index contributed by atoms with van der Waals surface area (Å²) in [5, 5.41) is 9.19. The molecule has 0 spiro atoms. The van der Waals surface area contributed by atoms with E-state index < -0.39 is 5.97 Å². The number of hydrogen-bond donors (Lipinski definition) is 1. The van der Waals surface area contributed by atoms with Crippen molar-refractivity contribution in [1.82, 2.24) is 4.57 Å². The van der Waals surface area contributed by atoms with Crippen LogP contribution in [0.4, 0.5) is 0 Å². The van der Waals surface area contributed by atoms with E-state index in [0.29, 0.717) is 17.2 Å². The van der Waals surface area contributed by atoms with Crippen LogP contribution >= 0.6 is 0 Å². The van der Waals surface area contributed by atoms with Crippen LogP contribution in [0.15, 0.2) is 36.7 Å². The van der Waals surface area contributed by atoms with Crippen LogP contribution in [-0.2, 0) is 0 Å². The Morgan fingerprint density at radius 2 is 1.82 bits per heavy atom. The number of aromatic carboxylic acids is 1. The summed E-state index contributed by atoms with van der Waals surface area (Å²) in [7, 11) is 0. The van der Waals surface area contributed by atoms with Crippen LogP contribution in [0.1, 0.15) is 10.4 Å². The van der Waals surface area contributed by atoms with Crippen LogP contribution in [-0.4, -0.2) is 22.4 Å². The molecule has 0 amide bonds. The third kappa shape index (κ3) is 1.52. The molecule has 0 aliphatic carbocycles. The average molecular weight is 231 g/mol. The van der Waals surface area contributed by atoms with Crippen LogP contribution in [0.3, 0.4) is 0 Å². The first-order valence-electron chi connectivity index (χ1n) is 5.06. The summed E-state index contributed by atoms with van der Waals surface area (Å²) in [5.41, 5.74) is 0.747. The van der Waals surface area contributed by atoms with E-state index in [1.807, 2.05) is 12.1 Å². The summed E-state index contributed by atoms with van der Waals surface area (Å²) in [6, 6.07) is 6.82. The molecule has 0 saturated carbocycles. The molecule has 0 unspecified atom stereocenters. The predicted molar refractivity (Wildman–Crippen MR) is 58.9 cm³/mol. The van der Waals surface area contributed by atoms with Gasteiger partial charge in [-0.1, -0.05) is 0 Å². The standard InChI is InChI=1S/C12H9NO4/c14-12(15)8-5-10-11(17-7-16-10)6-9(8)13-3-1-2-4-13/h1-6H,7H2,(H,14,15). The Labute approximate surface area is 96.8 Å². The number of benzene rings is 1. The van der Waals surface area contributed by atoms with Gasteiger partial charge in [0.05, 0.1) is 11.3 Å². The van der Waals surface area contributed by atoms with Gasteiger partial charge in [0.15, 0.2) is 11.5 Å². The van der Waals surface area contributed by atoms with Gasteiger partial charge in [-0.05, 0) is 12.1 Å². The Balaban J connectivity index is 2.22. The quantitative estimate of drug-likeness (QED) is 0.857. The number of aromatic nitrogens is 1. The van der Waals surface area contributed by atoms with E-state index in [9.17, 15) is 9.90 Å². The minimum Gasteiger partial charge on any atom is -0.478 e. The molecule has 86 valence electrons. The highest BCUT2D eigenvalue weighted by Crippen LogP contribution is 2.36. The largest absolute Gasteiger partial charge is 0.478 e. The second kappa shape index (κ2) is 3.55. The molecule has 3 rings (SSSR count). The van der Waals surface area contributed by atoms with Crippen molar-refractivity contribution in [2.75, 3.05) is 6.79 Å². The van der Waals surface area contributed by atoms with E-state index in [2.05, 4.69) is 0 Å². The zero-order valence-corrected chi connectivity index (χ0v) is 8.79. The SMILES string of the molecule is O=C(O)c1cc2c(cc1-n1cccc1)OCO2. The first-order valence-corrected chi connectivity index (χ1v) is 5.06. The van der Waals surface area contributed by atoms with E-state index >= 15 is 0 Å². The summed E-state index contributed by atoms with van der Waals surface area (Å²) in [6.07, 6.45) is 3.56. The highest BCUT2D eigenvalue weighted by Gasteiger charge is 2.21. The Bertz CT molecular complexity index is 574. The minimum absolute atomic E-state index is 0.128. The predicted octanol–water partition coefficient (Wildman–Crippen LogP) is 1.90. The molecule has 17 heavy (non-hydrogen) atoms. The van der Waals surface area contributed by atoms with Gasteiger partial charge in [-0.3, -0.25) is 0 Å². The topological polar surface area (TPSA) is 60.7 Å². The van der Waals surface area contributed by atoms with Crippen LogP contribution in [0.5, 0.6) is 11.5 Å². The Morgan fingerprint density at radius 3 is 2.47 bits per heavy atom. The summed E-state index contributed by atoms with van der Waals surface area (Å²) in [4.78, 5) is 11.2. The van der Waals surface area contributed by atoms with Gasteiger partial charge in [0.25, 0.3) is 0 Å². The molecule has 2 aromatic rings. The maximum atomic E-state index is 11.2. The first kappa shape index (κ1) is 9.77. The van der Waals surface area contributed by atoms with Crippen molar-refractivity contribution in [2.24, 2.45) is 0 Å². The lowest BCUT2D eigenvalue weighted by Gasteiger charge is -2.08. The first-order chi connectivity index (χ1) is 8.25. The maximum absolute atomic E-state index is 11.2. The van der Waals surface area contributed by atoms with Crippen molar-refractivity contribution < 1.29 is 19.4 Å². The summed E-state index contributed by atoms with van der Waals surface area (Å²) >= 11 is 0. The lowest BCUT2D eigenvalue weighted by Crippen LogP contribution is -2.04. The zero-order chi connectivity index (χ0) is 11.8. The Hall–Kier alpha value is -2.43. The van der Waals surface area contributed by atoms with Gasteiger partial charge in [-0.25, -0.2) is 4.79 Å². The zero-order valence-electron chi connectivity index (χ0n) is 8.79. The number of rotatable bonds is 2. The Kier molecular flexibility index (Phi) is 2.04. The monoisotopic (exact) mass is 231 g/mol. The molecule has 0 saturated heterocycles. The van der Waals surface area contributed by atoms with E-state index in [4.69, 9.17) is 9.47 Å². The summed E-state index contributed by atoms with van der Waals surface area (Å²) in [5.74, 6) is 0.0454. The smallest absolute Gasteiger partial charge is 0.337 e. The van der Waals surface area contributed by atoms with E-state index in [-0.39, 0.29) is 12.4 Å². The van der Waals surface area contributed by atoms with Crippen LogP contribution in [0, 0.1) is 0 Å². The molecule has 1 aromatic heterocycles. The Morgan fingerprint density at radius 1 is 1.18 bits per heavy atom. The average Bonchev–Trinajstić information content (AvgIpc) is 2.98. The van der Waals surface area contributed by atoms with Gasteiger partial charge in [-0.2, -0.15) is 0 Å². The number of carboxylic acid groups (broad SMARTS) is 1. The van der Waals surface area contributed by atoms with Gasteiger partial charge in [0.2, 0.25) is 6.79 Å². The molecule has 1 aliphatic rings. The van der Waals surface area contributed by atoms with Crippen LogP contribution < -0.4 is 9.47 Å². The van der Waals surface area contributed by atoms with Crippen LogP contribution in [0.25, 0.3) is 5.69 Å². The molecule has 0 radical (unpaired) electrons. The molecule has 0 atom stereocenters. The molecule has 5 heteroatoms. The molecular formula is C12H9NO4. The molecule has 2 heterocycles. The lowest BCUT2D eigenvalue weighted by atomic mass is 10.1. The normalized spacial score (nSPS) is 12.7. The minimum atomic E-state index is -0.994. The van der Waals surface area contributed by atoms with Crippen LogP contribution in [0.2, 0.25) is 0 Å². The number of carbonyl (C=O) groups is 1. The number of nitrogens with zero attached hydrogens (tertiary/aromatic N) is 1. The third-order valence-corrected chi connectivity index (χ3v) is 2.60. The molecule has 5 nitrogen and oxygen atoms in total. The van der Waals surface area contributed by atoms with Crippen molar-refractivity contribution in [1.29, 1.82) is 0 Å². The molecule has 0 bridgehead atoms.